The van der Waals surface area contributed by atoms with Gasteiger partial charge in [-0.3, -0.25) is 0 Å². The van der Waals surface area contributed by atoms with Crippen LogP contribution in [0.5, 0.6) is 0 Å². The highest BCUT2D eigenvalue weighted by atomic mass is 14.2. The highest BCUT2D eigenvalue weighted by molar-refractivity contribution is 6.27. The van der Waals surface area contributed by atoms with Crippen molar-refractivity contribution in [2.45, 2.75) is 20.3 Å². The standard InChI is InChI=1S/C21H16/c1-12-13(2)18-10-9-14-5-3-6-15-11-16-7-4-8-17(12)20(16)21(18)19(14)15/h3-4,6-11H,5H2,1-2H3. The Labute approximate surface area is 124 Å². The van der Waals surface area contributed by atoms with Crippen LogP contribution in [0.1, 0.15) is 22.3 Å². The van der Waals surface area contributed by atoms with Crippen LogP contribution in [0.2, 0.25) is 0 Å². The van der Waals surface area contributed by atoms with Gasteiger partial charge in [-0.15, -0.1) is 0 Å². The van der Waals surface area contributed by atoms with E-state index in [0.717, 1.165) is 6.42 Å². The lowest BCUT2D eigenvalue weighted by molar-refractivity contribution is 1.29. The first kappa shape index (κ1) is 11.3. The van der Waals surface area contributed by atoms with Crippen LogP contribution in [0, 0.1) is 13.8 Å². The van der Waals surface area contributed by atoms with Crippen molar-refractivity contribution in [3.8, 4) is 0 Å². The lowest BCUT2D eigenvalue weighted by atomic mass is 9.83. The van der Waals surface area contributed by atoms with Crippen molar-refractivity contribution < 1.29 is 0 Å². The Morgan fingerprint density at radius 2 is 1.62 bits per heavy atom. The van der Waals surface area contributed by atoms with Crippen molar-refractivity contribution in [2.24, 2.45) is 0 Å². The van der Waals surface area contributed by atoms with E-state index in [0.29, 0.717) is 0 Å². The van der Waals surface area contributed by atoms with Crippen LogP contribution < -0.4 is 0 Å². The molecule has 1 aliphatic rings. The van der Waals surface area contributed by atoms with E-state index in [1.807, 2.05) is 0 Å². The van der Waals surface area contributed by atoms with Crippen molar-refractivity contribution in [3.63, 3.8) is 0 Å². The van der Waals surface area contributed by atoms with Crippen molar-refractivity contribution in [1.82, 2.24) is 0 Å². The van der Waals surface area contributed by atoms with Gasteiger partial charge in [0.1, 0.15) is 0 Å². The van der Waals surface area contributed by atoms with Gasteiger partial charge in [-0.05, 0) is 80.9 Å². The third kappa shape index (κ3) is 1.26. The van der Waals surface area contributed by atoms with Crippen molar-refractivity contribution in [3.05, 3.63) is 64.7 Å². The fraction of sp³-hybridized carbons (Fsp3) is 0.143. The third-order valence-electron chi connectivity index (χ3n) is 5.24. The maximum absolute atomic E-state index is 2.36. The van der Waals surface area contributed by atoms with Crippen LogP contribution in [-0.2, 0) is 6.42 Å². The number of benzene rings is 4. The van der Waals surface area contributed by atoms with Crippen molar-refractivity contribution >= 4 is 38.4 Å². The summed E-state index contributed by atoms with van der Waals surface area (Å²) < 4.78 is 0. The first-order valence-electron chi connectivity index (χ1n) is 7.62. The highest BCUT2D eigenvalue weighted by Crippen LogP contribution is 2.42. The second kappa shape index (κ2) is 3.65. The first-order valence-corrected chi connectivity index (χ1v) is 7.62. The normalized spacial score (nSPS) is 13.8. The molecule has 0 fully saturated rings. The Morgan fingerprint density at radius 1 is 0.810 bits per heavy atom. The van der Waals surface area contributed by atoms with Gasteiger partial charge < -0.3 is 0 Å². The first-order chi connectivity index (χ1) is 10.3. The summed E-state index contributed by atoms with van der Waals surface area (Å²) in [7, 11) is 0. The molecule has 0 saturated carbocycles. The third-order valence-corrected chi connectivity index (χ3v) is 5.24. The molecule has 0 heteroatoms. The predicted molar refractivity (Wildman–Crippen MR) is 92.4 cm³/mol. The van der Waals surface area contributed by atoms with Gasteiger partial charge >= 0.3 is 0 Å². The fourth-order valence-electron chi connectivity index (χ4n) is 4.09. The maximum atomic E-state index is 2.36. The van der Waals surface area contributed by atoms with E-state index >= 15 is 0 Å². The van der Waals surface area contributed by atoms with Gasteiger partial charge in [-0.1, -0.05) is 42.5 Å². The van der Waals surface area contributed by atoms with Crippen LogP contribution in [0.4, 0.5) is 0 Å². The number of rotatable bonds is 0. The molecule has 0 saturated heterocycles. The molecule has 4 aromatic rings. The summed E-state index contributed by atoms with van der Waals surface area (Å²) in [6.07, 6.45) is 5.63. The second-order valence-electron chi connectivity index (χ2n) is 6.25. The van der Waals surface area contributed by atoms with Crippen LogP contribution in [0.3, 0.4) is 0 Å². The topological polar surface area (TPSA) is 0 Å². The summed E-state index contributed by atoms with van der Waals surface area (Å²) in [6.45, 7) is 4.52. The molecular formula is C21H16. The van der Waals surface area contributed by atoms with Gasteiger partial charge in [0.2, 0.25) is 0 Å². The van der Waals surface area contributed by atoms with E-state index < -0.39 is 0 Å². The summed E-state index contributed by atoms with van der Waals surface area (Å²) in [5.41, 5.74) is 5.69. The van der Waals surface area contributed by atoms with Crippen molar-refractivity contribution in [1.29, 1.82) is 0 Å². The summed E-state index contributed by atoms with van der Waals surface area (Å²) in [5, 5.41) is 8.60. The minimum atomic E-state index is 1.05. The number of hydrogen-bond donors (Lipinski definition) is 0. The summed E-state index contributed by atoms with van der Waals surface area (Å²) >= 11 is 0. The van der Waals surface area contributed by atoms with E-state index in [2.05, 4.69) is 62.4 Å². The second-order valence-corrected chi connectivity index (χ2v) is 6.25. The Balaban J connectivity index is 2.26. The number of allylic oxidation sites excluding steroid dienone is 1. The van der Waals surface area contributed by atoms with E-state index in [1.165, 1.54) is 54.6 Å². The molecule has 0 heterocycles. The molecule has 0 aliphatic heterocycles. The maximum Gasteiger partial charge on any atom is -0.00150 e. The van der Waals surface area contributed by atoms with Crippen LogP contribution in [0.15, 0.2) is 42.5 Å². The molecule has 0 atom stereocenters. The zero-order valence-electron chi connectivity index (χ0n) is 12.3. The fourth-order valence-corrected chi connectivity index (χ4v) is 4.09. The van der Waals surface area contributed by atoms with Gasteiger partial charge in [0.05, 0.1) is 0 Å². The molecule has 0 bridgehead atoms. The van der Waals surface area contributed by atoms with Gasteiger partial charge in [-0.25, -0.2) is 0 Å². The quantitative estimate of drug-likeness (QED) is 0.355. The molecule has 0 unspecified atom stereocenters. The average molecular weight is 268 g/mol. The monoisotopic (exact) mass is 268 g/mol. The van der Waals surface area contributed by atoms with Gasteiger partial charge in [0.15, 0.2) is 0 Å². The smallest absolute Gasteiger partial charge is 0.00150 e. The molecule has 0 spiro atoms. The highest BCUT2D eigenvalue weighted by Gasteiger charge is 2.18. The molecule has 0 aromatic heterocycles. The molecule has 0 radical (unpaired) electrons. The molecule has 0 amide bonds. The summed E-state index contributed by atoms with van der Waals surface area (Å²) in [4.78, 5) is 0. The number of aryl methyl sites for hydroxylation is 2. The molecule has 1 aliphatic carbocycles. The minimum absolute atomic E-state index is 1.05. The predicted octanol–water partition coefficient (Wildman–Crippen LogP) is 5.77. The van der Waals surface area contributed by atoms with Crippen molar-refractivity contribution in [2.75, 3.05) is 0 Å². The van der Waals surface area contributed by atoms with E-state index in [-0.39, 0.29) is 0 Å². The van der Waals surface area contributed by atoms with Gasteiger partial charge in [0, 0.05) is 0 Å². The molecule has 5 rings (SSSR count). The Morgan fingerprint density at radius 3 is 2.48 bits per heavy atom. The lowest BCUT2D eigenvalue weighted by Crippen LogP contribution is -1.98. The summed E-state index contributed by atoms with van der Waals surface area (Å²) in [6, 6.07) is 13.7. The SMILES string of the molecule is Cc1c(C)c2ccc3c4c(cc5cccc1c5c24)C=CC3. The van der Waals surface area contributed by atoms with E-state index in [9.17, 15) is 0 Å². The zero-order valence-corrected chi connectivity index (χ0v) is 12.3. The molecular weight excluding hydrogens is 252 g/mol. The molecule has 4 aromatic carbocycles. The minimum Gasteiger partial charge on any atom is -0.0795 e. The van der Waals surface area contributed by atoms with Gasteiger partial charge in [-0.2, -0.15) is 0 Å². The Kier molecular flexibility index (Phi) is 1.97. The van der Waals surface area contributed by atoms with Crippen LogP contribution in [0.25, 0.3) is 38.4 Å². The van der Waals surface area contributed by atoms with Gasteiger partial charge in [0.25, 0.3) is 0 Å². The van der Waals surface area contributed by atoms with E-state index in [1.54, 1.807) is 0 Å². The Hall–Kier alpha value is -2.34. The molecule has 21 heavy (non-hydrogen) atoms. The van der Waals surface area contributed by atoms with Crippen LogP contribution in [-0.4, -0.2) is 0 Å². The molecule has 0 N–H and O–H groups in total. The average Bonchev–Trinajstić information content (AvgIpc) is 2.52. The Bertz CT molecular complexity index is 1060. The van der Waals surface area contributed by atoms with Crippen LogP contribution >= 0.6 is 0 Å². The molecule has 100 valence electrons. The molecule has 0 nitrogen and oxygen atoms in total. The number of hydrogen-bond acceptors (Lipinski definition) is 0. The largest absolute Gasteiger partial charge is 0.0795 e. The zero-order chi connectivity index (χ0) is 14.1. The lowest BCUT2D eigenvalue weighted by Gasteiger charge is -2.21. The van der Waals surface area contributed by atoms with E-state index in [4.69, 9.17) is 0 Å². The summed E-state index contributed by atoms with van der Waals surface area (Å²) in [5.74, 6) is 0.